The Labute approximate surface area is 170 Å². The SMILES string of the molecule is C[N+]1=CC(CN2CCOc3ccc(-c4ccc(OC(F)(F)F)cc4)cc3C2=O)C=N1. The quantitative estimate of drug-likeness (QED) is 0.715. The van der Waals surface area contributed by atoms with Gasteiger partial charge < -0.3 is 14.4 Å². The van der Waals surface area contributed by atoms with E-state index in [0.29, 0.717) is 42.1 Å². The molecule has 9 heteroatoms. The third kappa shape index (κ3) is 4.45. The molecule has 0 fully saturated rings. The molecule has 2 heterocycles. The predicted octanol–water partition coefficient (Wildman–Crippen LogP) is 3.42. The van der Waals surface area contributed by atoms with Crippen LogP contribution < -0.4 is 9.47 Å². The van der Waals surface area contributed by atoms with Crippen LogP contribution in [0.2, 0.25) is 0 Å². The van der Waals surface area contributed by atoms with Crippen LogP contribution in [0.15, 0.2) is 47.6 Å². The number of benzene rings is 2. The highest BCUT2D eigenvalue weighted by Gasteiger charge is 2.31. The zero-order valence-electron chi connectivity index (χ0n) is 16.1. The molecular weight excluding hydrogens is 399 g/mol. The molecule has 30 heavy (non-hydrogen) atoms. The van der Waals surface area contributed by atoms with E-state index in [1.807, 2.05) is 13.3 Å². The van der Waals surface area contributed by atoms with E-state index in [4.69, 9.17) is 4.74 Å². The number of hydrogen-bond donors (Lipinski definition) is 0. The largest absolute Gasteiger partial charge is 0.573 e. The van der Waals surface area contributed by atoms with Gasteiger partial charge in [0.05, 0.1) is 24.2 Å². The molecule has 0 N–H and O–H groups in total. The first-order valence-electron chi connectivity index (χ1n) is 9.33. The summed E-state index contributed by atoms with van der Waals surface area (Å²) >= 11 is 0. The minimum absolute atomic E-state index is 0.0323. The van der Waals surface area contributed by atoms with Crippen molar-refractivity contribution in [1.29, 1.82) is 0 Å². The third-order valence-corrected chi connectivity index (χ3v) is 4.82. The van der Waals surface area contributed by atoms with Gasteiger partial charge in [0.2, 0.25) is 0 Å². The number of hydrazone groups is 1. The molecule has 0 spiro atoms. The minimum Gasteiger partial charge on any atom is -0.491 e. The van der Waals surface area contributed by atoms with Crippen LogP contribution in [-0.2, 0) is 0 Å². The number of ether oxygens (including phenoxy) is 2. The van der Waals surface area contributed by atoms with Crippen molar-refractivity contribution in [2.24, 2.45) is 11.0 Å². The van der Waals surface area contributed by atoms with Crippen LogP contribution in [0.5, 0.6) is 11.5 Å². The normalized spacial score (nSPS) is 18.5. The van der Waals surface area contributed by atoms with Gasteiger partial charge in [0.15, 0.2) is 13.3 Å². The van der Waals surface area contributed by atoms with E-state index in [1.54, 1.807) is 34.0 Å². The number of hydrogen-bond acceptors (Lipinski definition) is 4. The van der Waals surface area contributed by atoms with Gasteiger partial charge in [0.25, 0.3) is 5.91 Å². The first-order valence-corrected chi connectivity index (χ1v) is 9.33. The van der Waals surface area contributed by atoms with Crippen molar-refractivity contribution >= 4 is 18.3 Å². The molecule has 2 aromatic rings. The lowest BCUT2D eigenvalue weighted by atomic mass is 10.0. The maximum absolute atomic E-state index is 13.1. The molecule has 0 aromatic heterocycles. The summed E-state index contributed by atoms with van der Waals surface area (Å²) in [5.41, 5.74) is 1.78. The van der Waals surface area contributed by atoms with E-state index in [1.165, 1.54) is 24.3 Å². The van der Waals surface area contributed by atoms with Crippen LogP contribution in [0.25, 0.3) is 11.1 Å². The molecule has 0 bridgehead atoms. The van der Waals surface area contributed by atoms with Gasteiger partial charge in [-0.2, -0.15) is 0 Å². The van der Waals surface area contributed by atoms with Gasteiger partial charge in [-0.25, -0.2) is 0 Å². The van der Waals surface area contributed by atoms with Crippen molar-refractivity contribution in [3.8, 4) is 22.6 Å². The molecular formula is C21H19F3N3O3+. The van der Waals surface area contributed by atoms with Gasteiger partial charge in [-0.05, 0) is 40.5 Å². The average Bonchev–Trinajstić information content (AvgIpc) is 3.04. The predicted molar refractivity (Wildman–Crippen MR) is 104 cm³/mol. The average molecular weight is 418 g/mol. The third-order valence-electron chi connectivity index (χ3n) is 4.82. The topological polar surface area (TPSA) is 54.1 Å². The molecule has 0 aliphatic carbocycles. The van der Waals surface area contributed by atoms with Crippen LogP contribution in [0.3, 0.4) is 0 Å². The summed E-state index contributed by atoms with van der Waals surface area (Å²) in [4.78, 5) is 14.9. The Kier molecular flexibility index (Phi) is 5.19. The standard InChI is InChI=1S/C21H19F3N3O3/c1-26-12-14(11-25-26)13-27-8-9-29-19-7-4-16(10-18(19)20(27)28)15-2-5-17(6-3-15)30-21(22,23)24/h2-7,10-12,14H,8-9,13H2,1H3/q+1. The number of halogens is 3. The first-order chi connectivity index (χ1) is 14.3. The molecule has 1 unspecified atom stereocenters. The lowest BCUT2D eigenvalue weighted by Crippen LogP contribution is -2.37. The maximum atomic E-state index is 13.1. The van der Waals surface area contributed by atoms with Crippen molar-refractivity contribution in [3.63, 3.8) is 0 Å². The lowest BCUT2D eigenvalue weighted by molar-refractivity contribution is -0.494. The fourth-order valence-corrected chi connectivity index (χ4v) is 3.46. The highest BCUT2D eigenvalue weighted by molar-refractivity contribution is 5.99. The Morgan fingerprint density at radius 1 is 1.20 bits per heavy atom. The molecule has 4 rings (SSSR count). The molecule has 1 atom stereocenters. The summed E-state index contributed by atoms with van der Waals surface area (Å²) in [6, 6.07) is 10.7. The number of rotatable bonds is 4. The molecule has 0 radical (unpaired) electrons. The number of carbonyl (C=O) groups is 1. The Balaban J connectivity index is 1.57. The number of amides is 1. The van der Waals surface area contributed by atoms with Crippen molar-refractivity contribution in [3.05, 3.63) is 48.0 Å². The Hall–Kier alpha value is -3.36. The Morgan fingerprint density at radius 3 is 2.60 bits per heavy atom. The van der Waals surface area contributed by atoms with E-state index < -0.39 is 6.36 Å². The number of fused-ring (bicyclic) bond motifs is 1. The van der Waals surface area contributed by atoms with E-state index in [2.05, 4.69) is 9.84 Å². The van der Waals surface area contributed by atoms with E-state index in [0.717, 1.165) is 0 Å². The maximum Gasteiger partial charge on any atom is 0.573 e. The summed E-state index contributed by atoms with van der Waals surface area (Å²) in [6.07, 6.45) is -1.02. The fourth-order valence-electron chi connectivity index (χ4n) is 3.46. The van der Waals surface area contributed by atoms with Crippen LogP contribution >= 0.6 is 0 Å². The number of nitrogens with zero attached hydrogens (tertiary/aromatic N) is 3. The summed E-state index contributed by atoms with van der Waals surface area (Å²) in [6.45, 7) is 1.32. The van der Waals surface area contributed by atoms with Crippen molar-refractivity contribution in [2.75, 3.05) is 26.7 Å². The van der Waals surface area contributed by atoms with E-state index in [9.17, 15) is 18.0 Å². The monoisotopic (exact) mass is 418 g/mol. The van der Waals surface area contributed by atoms with Crippen molar-refractivity contribution in [1.82, 2.24) is 4.90 Å². The van der Waals surface area contributed by atoms with Crippen LogP contribution in [0.1, 0.15) is 10.4 Å². The zero-order chi connectivity index (χ0) is 21.3. The summed E-state index contributed by atoms with van der Waals surface area (Å²) in [7, 11) is 1.83. The van der Waals surface area contributed by atoms with Gasteiger partial charge in [-0.15, -0.1) is 13.2 Å². The second kappa shape index (κ2) is 7.81. The number of alkyl halides is 3. The molecule has 2 aromatic carbocycles. The second-order valence-electron chi connectivity index (χ2n) is 7.03. The van der Waals surface area contributed by atoms with E-state index >= 15 is 0 Å². The lowest BCUT2D eigenvalue weighted by Gasteiger charge is -2.20. The van der Waals surface area contributed by atoms with Gasteiger partial charge in [0.1, 0.15) is 18.1 Å². The smallest absolute Gasteiger partial charge is 0.491 e. The molecule has 6 nitrogen and oxygen atoms in total. The Morgan fingerprint density at radius 2 is 1.93 bits per heavy atom. The summed E-state index contributed by atoms with van der Waals surface area (Å²) in [5.74, 6) is 0.0677. The van der Waals surface area contributed by atoms with Crippen LogP contribution in [0.4, 0.5) is 13.2 Å². The van der Waals surface area contributed by atoms with Crippen molar-refractivity contribution < 1.29 is 32.1 Å². The highest BCUT2D eigenvalue weighted by Crippen LogP contribution is 2.31. The van der Waals surface area contributed by atoms with Gasteiger partial charge in [-0.1, -0.05) is 22.9 Å². The molecule has 0 saturated carbocycles. The molecule has 2 aliphatic heterocycles. The zero-order valence-corrected chi connectivity index (χ0v) is 16.1. The van der Waals surface area contributed by atoms with Gasteiger partial charge in [-0.3, -0.25) is 4.79 Å². The number of carbonyl (C=O) groups excluding carboxylic acids is 1. The Bertz CT molecular complexity index is 1020. The second-order valence-corrected chi connectivity index (χ2v) is 7.03. The summed E-state index contributed by atoms with van der Waals surface area (Å²) in [5, 5.41) is 4.16. The van der Waals surface area contributed by atoms with Crippen LogP contribution in [-0.4, -0.2) is 61.0 Å². The van der Waals surface area contributed by atoms with Crippen LogP contribution in [0, 0.1) is 5.92 Å². The van der Waals surface area contributed by atoms with Gasteiger partial charge in [0, 0.05) is 6.54 Å². The molecule has 156 valence electrons. The molecule has 1 amide bonds. The minimum atomic E-state index is -4.74. The first kappa shape index (κ1) is 19.9. The van der Waals surface area contributed by atoms with Gasteiger partial charge >= 0.3 is 6.36 Å². The molecule has 0 saturated heterocycles. The van der Waals surface area contributed by atoms with Crippen molar-refractivity contribution in [2.45, 2.75) is 6.36 Å². The highest BCUT2D eigenvalue weighted by atomic mass is 19.4. The molecule has 2 aliphatic rings. The fraction of sp³-hybridized carbons (Fsp3) is 0.286. The van der Waals surface area contributed by atoms with E-state index in [-0.39, 0.29) is 17.6 Å². The summed E-state index contributed by atoms with van der Waals surface area (Å²) < 4.78 is 48.4.